The van der Waals surface area contributed by atoms with Crippen LogP contribution < -0.4 is 11.3 Å². The molecule has 0 aliphatic carbocycles. The van der Waals surface area contributed by atoms with Gasteiger partial charge in [0.25, 0.3) is 5.56 Å². The number of hydrogen-bond acceptors (Lipinski definition) is 5. The fraction of sp³-hybridized carbons (Fsp3) is 0.0500. The van der Waals surface area contributed by atoms with Crippen molar-refractivity contribution in [2.75, 3.05) is 5.73 Å². The molecule has 130 valence electrons. The number of benzene rings is 1. The van der Waals surface area contributed by atoms with Gasteiger partial charge in [-0.3, -0.25) is 4.79 Å². The van der Waals surface area contributed by atoms with E-state index >= 15 is 0 Å². The van der Waals surface area contributed by atoms with Crippen LogP contribution in [0.3, 0.4) is 0 Å². The second kappa shape index (κ2) is 7.48. The van der Waals surface area contributed by atoms with Crippen molar-refractivity contribution in [3.63, 3.8) is 0 Å². The van der Waals surface area contributed by atoms with Crippen LogP contribution in [0.15, 0.2) is 78.4 Å². The summed E-state index contributed by atoms with van der Waals surface area (Å²) in [6.07, 6.45) is 6.04. The van der Waals surface area contributed by atoms with Gasteiger partial charge in [0, 0.05) is 24.0 Å². The van der Waals surface area contributed by atoms with Crippen LogP contribution >= 0.6 is 0 Å². The number of aromatic nitrogens is 3. The van der Waals surface area contributed by atoms with Gasteiger partial charge >= 0.3 is 0 Å². The van der Waals surface area contributed by atoms with Gasteiger partial charge < -0.3 is 15.4 Å². The molecule has 0 saturated heterocycles. The Kier molecular flexibility index (Phi) is 4.94. The maximum absolute atomic E-state index is 12.5. The summed E-state index contributed by atoms with van der Waals surface area (Å²) >= 11 is 0. The normalized spacial score (nSPS) is 11.3. The van der Waals surface area contributed by atoms with Gasteiger partial charge in [0.05, 0.1) is 6.54 Å². The molecular weight excluding hydrogens is 328 g/mol. The summed E-state index contributed by atoms with van der Waals surface area (Å²) in [4.78, 5) is 20.5. The van der Waals surface area contributed by atoms with Crippen molar-refractivity contribution in [3.8, 4) is 11.1 Å². The maximum atomic E-state index is 12.5. The molecule has 6 heteroatoms. The Hall–Kier alpha value is -3.67. The SMILES string of the molecule is C=C/C=C(\O)c1nc(N)ncc1-c1ccn(Cc2ccccc2)c(=O)c1. The Morgan fingerprint density at radius 2 is 2.04 bits per heavy atom. The van der Waals surface area contributed by atoms with Crippen LogP contribution in [0.5, 0.6) is 0 Å². The molecule has 0 spiro atoms. The Labute approximate surface area is 150 Å². The third-order valence-electron chi connectivity index (χ3n) is 3.83. The molecule has 0 saturated carbocycles. The van der Waals surface area contributed by atoms with Gasteiger partial charge in [-0.05, 0) is 23.3 Å². The lowest BCUT2D eigenvalue weighted by Gasteiger charge is -2.10. The van der Waals surface area contributed by atoms with E-state index in [-0.39, 0.29) is 23.0 Å². The molecule has 3 N–H and O–H groups in total. The second-order valence-electron chi connectivity index (χ2n) is 5.65. The van der Waals surface area contributed by atoms with Crippen molar-refractivity contribution in [2.45, 2.75) is 6.54 Å². The first kappa shape index (κ1) is 17.2. The summed E-state index contributed by atoms with van der Waals surface area (Å²) in [7, 11) is 0. The molecule has 0 amide bonds. The number of rotatable bonds is 5. The summed E-state index contributed by atoms with van der Waals surface area (Å²) in [6, 6.07) is 13.0. The van der Waals surface area contributed by atoms with Crippen LogP contribution in [0.25, 0.3) is 16.9 Å². The fourth-order valence-electron chi connectivity index (χ4n) is 2.58. The minimum atomic E-state index is -0.165. The van der Waals surface area contributed by atoms with Gasteiger partial charge in [-0.25, -0.2) is 9.97 Å². The predicted octanol–water partition coefficient (Wildman–Crippen LogP) is 3.02. The van der Waals surface area contributed by atoms with Gasteiger partial charge in [-0.2, -0.15) is 0 Å². The topological polar surface area (TPSA) is 94.0 Å². The Bertz CT molecular complexity index is 1020. The summed E-state index contributed by atoms with van der Waals surface area (Å²) in [5.41, 5.74) is 7.85. The molecule has 0 bridgehead atoms. The molecule has 0 aliphatic rings. The van der Waals surface area contributed by atoms with Crippen LogP contribution in [0, 0.1) is 0 Å². The lowest BCUT2D eigenvalue weighted by atomic mass is 10.1. The predicted molar refractivity (Wildman–Crippen MR) is 102 cm³/mol. The highest BCUT2D eigenvalue weighted by molar-refractivity contribution is 5.76. The quantitative estimate of drug-likeness (QED) is 0.547. The Morgan fingerprint density at radius 1 is 1.27 bits per heavy atom. The molecule has 0 unspecified atom stereocenters. The van der Waals surface area contributed by atoms with Crippen LogP contribution in [0.1, 0.15) is 11.3 Å². The molecular formula is C20H18N4O2. The van der Waals surface area contributed by atoms with Gasteiger partial charge in [0.2, 0.25) is 5.95 Å². The molecule has 1 aromatic carbocycles. The van der Waals surface area contributed by atoms with Crippen molar-refractivity contribution in [1.82, 2.24) is 14.5 Å². The first-order chi connectivity index (χ1) is 12.6. The zero-order chi connectivity index (χ0) is 18.5. The Morgan fingerprint density at radius 3 is 2.73 bits per heavy atom. The van der Waals surface area contributed by atoms with Crippen molar-refractivity contribution >= 4 is 11.7 Å². The highest BCUT2D eigenvalue weighted by atomic mass is 16.3. The van der Waals surface area contributed by atoms with Gasteiger partial charge in [-0.15, -0.1) is 0 Å². The van der Waals surface area contributed by atoms with Crippen LogP contribution in [-0.4, -0.2) is 19.6 Å². The van der Waals surface area contributed by atoms with Crippen LogP contribution in [0.4, 0.5) is 5.95 Å². The standard InChI is InChI=1S/C20H18N4O2/c1-2-6-17(25)19-16(12-22-20(21)23-19)15-9-10-24(18(26)11-15)13-14-7-4-3-5-8-14/h2-12,25H,1,13H2,(H2,21,22,23)/b17-6-. The van der Waals surface area contributed by atoms with Gasteiger partial charge in [0.1, 0.15) is 11.5 Å². The number of pyridine rings is 1. The zero-order valence-electron chi connectivity index (χ0n) is 14.0. The van der Waals surface area contributed by atoms with E-state index in [2.05, 4.69) is 16.5 Å². The first-order valence-corrected chi connectivity index (χ1v) is 7.98. The van der Waals surface area contributed by atoms with Gasteiger partial charge in [-0.1, -0.05) is 43.0 Å². The molecule has 3 rings (SSSR count). The molecule has 0 atom stereocenters. The molecule has 0 aliphatic heterocycles. The van der Waals surface area contributed by atoms with Crippen molar-refractivity contribution in [1.29, 1.82) is 0 Å². The lowest BCUT2D eigenvalue weighted by Crippen LogP contribution is -2.19. The van der Waals surface area contributed by atoms with Crippen molar-refractivity contribution in [2.24, 2.45) is 0 Å². The summed E-state index contributed by atoms with van der Waals surface area (Å²) in [5, 5.41) is 10.2. The fourth-order valence-corrected chi connectivity index (χ4v) is 2.58. The van der Waals surface area contributed by atoms with Crippen LogP contribution in [-0.2, 0) is 6.54 Å². The average Bonchev–Trinajstić information content (AvgIpc) is 2.64. The van der Waals surface area contributed by atoms with E-state index in [0.717, 1.165) is 5.56 Å². The molecule has 26 heavy (non-hydrogen) atoms. The number of nitrogen functional groups attached to an aromatic ring is 1. The number of allylic oxidation sites excluding steroid dienone is 2. The summed E-state index contributed by atoms with van der Waals surface area (Å²) in [6.45, 7) is 4.03. The monoisotopic (exact) mass is 346 g/mol. The number of nitrogens with two attached hydrogens (primary N) is 1. The molecule has 6 nitrogen and oxygen atoms in total. The third-order valence-corrected chi connectivity index (χ3v) is 3.83. The third kappa shape index (κ3) is 3.70. The number of nitrogens with zero attached hydrogens (tertiary/aromatic N) is 3. The molecule has 3 aromatic rings. The lowest BCUT2D eigenvalue weighted by molar-refractivity contribution is 0.509. The van der Waals surface area contributed by atoms with Gasteiger partial charge in [0.15, 0.2) is 0 Å². The molecule has 2 heterocycles. The minimum Gasteiger partial charge on any atom is -0.506 e. The number of aliphatic hydroxyl groups is 1. The minimum absolute atomic E-state index is 0.0326. The number of aliphatic hydroxyl groups excluding tert-OH is 1. The van der Waals surface area contributed by atoms with E-state index in [0.29, 0.717) is 17.7 Å². The Balaban J connectivity index is 2.01. The van der Waals surface area contributed by atoms with Crippen LogP contribution in [0.2, 0.25) is 0 Å². The van der Waals surface area contributed by atoms with E-state index in [1.165, 1.54) is 24.4 Å². The number of hydrogen-bond donors (Lipinski definition) is 2. The van der Waals surface area contributed by atoms with E-state index in [1.807, 2.05) is 30.3 Å². The van der Waals surface area contributed by atoms with E-state index in [4.69, 9.17) is 5.73 Å². The van der Waals surface area contributed by atoms with Crippen molar-refractivity contribution < 1.29 is 5.11 Å². The number of anilines is 1. The van der Waals surface area contributed by atoms with E-state index in [1.54, 1.807) is 16.8 Å². The smallest absolute Gasteiger partial charge is 0.251 e. The summed E-state index contributed by atoms with van der Waals surface area (Å²) < 4.78 is 1.61. The average molecular weight is 346 g/mol. The largest absolute Gasteiger partial charge is 0.506 e. The first-order valence-electron chi connectivity index (χ1n) is 7.98. The second-order valence-corrected chi connectivity index (χ2v) is 5.65. The molecule has 0 fully saturated rings. The van der Waals surface area contributed by atoms with E-state index < -0.39 is 0 Å². The zero-order valence-corrected chi connectivity index (χ0v) is 14.0. The highest BCUT2D eigenvalue weighted by Crippen LogP contribution is 2.25. The van der Waals surface area contributed by atoms with Crippen molar-refractivity contribution in [3.05, 3.63) is 95.2 Å². The van der Waals surface area contributed by atoms with E-state index in [9.17, 15) is 9.90 Å². The molecule has 2 aromatic heterocycles. The summed E-state index contributed by atoms with van der Waals surface area (Å²) in [5.74, 6) is -0.0669. The maximum Gasteiger partial charge on any atom is 0.251 e. The molecule has 0 radical (unpaired) electrons. The highest BCUT2D eigenvalue weighted by Gasteiger charge is 2.13.